The van der Waals surface area contributed by atoms with E-state index >= 15 is 0 Å². The molecule has 0 aliphatic carbocycles. The standard InChI is InChI=1S/C25H34ClN3O4S/c1-17-10-8-11-18(2)23(17)29(34(7,32)33)16-22(30)28(15-20-12-9-13-21(26)14-20)19(3)24(31)27-25(4,5)6/h8-14,19H,15-16H2,1-7H3,(H,27,31). The topological polar surface area (TPSA) is 86.8 Å². The Morgan fingerprint density at radius 1 is 1.06 bits per heavy atom. The van der Waals surface area contributed by atoms with Gasteiger partial charge in [-0.2, -0.15) is 0 Å². The van der Waals surface area contributed by atoms with E-state index in [1.165, 1.54) is 4.90 Å². The van der Waals surface area contributed by atoms with Crippen molar-refractivity contribution in [3.05, 3.63) is 64.2 Å². The summed E-state index contributed by atoms with van der Waals surface area (Å²) in [7, 11) is -3.78. The zero-order valence-electron chi connectivity index (χ0n) is 20.8. The first-order chi connectivity index (χ1) is 15.6. The van der Waals surface area contributed by atoms with E-state index in [0.29, 0.717) is 10.7 Å². The molecule has 9 heteroatoms. The van der Waals surface area contributed by atoms with Gasteiger partial charge in [-0.05, 0) is 70.4 Å². The molecule has 1 N–H and O–H groups in total. The molecule has 0 spiro atoms. The smallest absolute Gasteiger partial charge is 0.244 e. The van der Waals surface area contributed by atoms with Crippen LogP contribution in [0.25, 0.3) is 0 Å². The predicted octanol–water partition coefficient (Wildman–Crippen LogP) is 4.05. The number of hydrogen-bond acceptors (Lipinski definition) is 4. The SMILES string of the molecule is Cc1cccc(C)c1N(CC(=O)N(Cc1cccc(Cl)c1)C(C)C(=O)NC(C)(C)C)S(C)(=O)=O. The van der Waals surface area contributed by atoms with Crippen molar-refractivity contribution in [3.8, 4) is 0 Å². The van der Waals surface area contributed by atoms with E-state index in [9.17, 15) is 18.0 Å². The third-order valence-electron chi connectivity index (χ3n) is 5.28. The van der Waals surface area contributed by atoms with Crippen molar-refractivity contribution < 1.29 is 18.0 Å². The first-order valence-electron chi connectivity index (χ1n) is 11.0. The van der Waals surface area contributed by atoms with E-state index in [2.05, 4.69) is 5.32 Å². The molecule has 0 bridgehead atoms. The number of halogens is 1. The second-order valence-electron chi connectivity index (χ2n) is 9.58. The van der Waals surface area contributed by atoms with Gasteiger partial charge in [0.2, 0.25) is 21.8 Å². The molecule has 186 valence electrons. The maximum atomic E-state index is 13.6. The van der Waals surface area contributed by atoms with Crippen LogP contribution in [0.3, 0.4) is 0 Å². The van der Waals surface area contributed by atoms with Crippen molar-refractivity contribution >= 4 is 39.1 Å². The molecule has 0 aliphatic rings. The molecule has 2 rings (SSSR count). The lowest BCUT2D eigenvalue weighted by atomic mass is 10.1. The second-order valence-corrected chi connectivity index (χ2v) is 11.9. The Labute approximate surface area is 208 Å². The number of nitrogens with one attached hydrogen (secondary N) is 1. The van der Waals surface area contributed by atoms with Crippen LogP contribution in [-0.2, 0) is 26.2 Å². The zero-order chi connectivity index (χ0) is 25.8. The highest BCUT2D eigenvalue weighted by Crippen LogP contribution is 2.27. The summed E-state index contributed by atoms with van der Waals surface area (Å²) in [5.74, 6) is -0.828. The Kier molecular flexibility index (Phi) is 8.77. The molecule has 7 nitrogen and oxygen atoms in total. The van der Waals surface area contributed by atoms with Gasteiger partial charge in [0, 0.05) is 17.1 Å². The van der Waals surface area contributed by atoms with Crippen molar-refractivity contribution in [2.45, 2.75) is 59.7 Å². The van der Waals surface area contributed by atoms with Crippen LogP contribution in [0, 0.1) is 13.8 Å². The van der Waals surface area contributed by atoms with Crippen LogP contribution in [0.2, 0.25) is 5.02 Å². The first-order valence-corrected chi connectivity index (χ1v) is 13.2. The Morgan fingerprint density at radius 2 is 1.62 bits per heavy atom. The fourth-order valence-electron chi connectivity index (χ4n) is 3.66. The van der Waals surface area contributed by atoms with Gasteiger partial charge in [0.05, 0.1) is 11.9 Å². The highest BCUT2D eigenvalue weighted by molar-refractivity contribution is 7.92. The van der Waals surface area contributed by atoms with Gasteiger partial charge in [0.15, 0.2) is 0 Å². The van der Waals surface area contributed by atoms with Gasteiger partial charge in [-0.3, -0.25) is 13.9 Å². The molecule has 0 radical (unpaired) electrons. The quantitative estimate of drug-likeness (QED) is 0.583. The first kappa shape index (κ1) is 27.7. The zero-order valence-corrected chi connectivity index (χ0v) is 22.4. The van der Waals surface area contributed by atoms with Crippen molar-refractivity contribution in [2.24, 2.45) is 0 Å². The maximum Gasteiger partial charge on any atom is 0.244 e. The van der Waals surface area contributed by atoms with E-state index in [0.717, 1.165) is 27.3 Å². The second kappa shape index (κ2) is 10.8. The molecule has 0 heterocycles. The van der Waals surface area contributed by atoms with Crippen molar-refractivity contribution in [2.75, 3.05) is 17.1 Å². The van der Waals surface area contributed by atoms with Crippen molar-refractivity contribution in [1.29, 1.82) is 0 Å². The van der Waals surface area contributed by atoms with Crippen molar-refractivity contribution in [3.63, 3.8) is 0 Å². The van der Waals surface area contributed by atoms with Crippen LogP contribution in [-0.4, -0.2) is 49.5 Å². The lowest BCUT2D eigenvalue weighted by molar-refractivity contribution is -0.140. The van der Waals surface area contributed by atoms with Gasteiger partial charge in [0.1, 0.15) is 12.6 Å². The molecular weight excluding hydrogens is 474 g/mol. The minimum atomic E-state index is -3.78. The number of amides is 2. The monoisotopic (exact) mass is 507 g/mol. The number of rotatable bonds is 8. The highest BCUT2D eigenvalue weighted by Gasteiger charge is 2.32. The van der Waals surface area contributed by atoms with Gasteiger partial charge in [-0.25, -0.2) is 8.42 Å². The number of benzene rings is 2. The average molecular weight is 508 g/mol. The Morgan fingerprint density at radius 3 is 2.12 bits per heavy atom. The predicted molar refractivity (Wildman–Crippen MR) is 137 cm³/mol. The van der Waals surface area contributed by atoms with E-state index in [-0.39, 0.29) is 12.5 Å². The summed E-state index contributed by atoms with van der Waals surface area (Å²) in [6.45, 7) is 10.5. The number of carbonyl (C=O) groups is 2. The number of para-hydroxylation sites is 1. The number of hydrogen-bond donors (Lipinski definition) is 1. The third kappa shape index (κ3) is 7.46. The molecule has 2 aromatic carbocycles. The molecule has 1 atom stereocenters. The fraction of sp³-hybridized carbons (Fsp3) is 0.440. The molecule has 2 aromatic rings. The molecule has 2 amide bonds. The summed E-state index contributed by atoms with van der Waals surface area (Å²) in [6.07, 6.45) is 1.07. The van der Waals surface area contributed by atoms with Crippen LogP contribution >= 0.6 is 11.6 Å². The van der Waals surface area contributed by atoms with Gasteiger partial charge >= 0.3 is 0 Å². The molecule has 0 saturated heterocycles. The lowest BCUT2D eigenvalue weighted by Crippen LogP contribution is -2.54. The Bertz CT molecular complexity index is 1140. The summed E-state index contributed by atoms with van der Waals surface area (Å²) in [6, 6.07) is 11.6. The summed E-state index contributed by atoms with van der Waals surface area (Å²) >= 11 is 6.13. The van der Waals surface area contributed by atoms with E-state index < -0.39 is 34.1 Å². The third-order valence-corrected chi connectivity index (χ3v) is 6.62. The molecule has 34 heavy (non-hydrogen) atoms. The van der Waals surface area contributed by atoms with Gasteiger partial charge in [-0.15, -0.1) is 0 Å². The normalized spacial score (nSPS) is 12.7. The van der Waals surface area contributed by atoms with E-state index in [4.69, 9.17) is 11.6 Å². The summed E-state index contributed by atoms with van der Waals surface area (Å²) in [5.41, 5.74) is 2.17. The van der Waals surface area contributed by atoms with Crippen LogP contribution in [0.15, 0.2) is 42.5 Å². The van der Waals surface area contributed by atoms with Crippen LogP contribution < -0.4 is 9.62 Å². The van der Waals surface area contributed by atoms with Crippen molar-refractivity contribution in [1.82, 2.24) is 10.2 Å². The molecule has 0 saturated carbocycles. The number of carbonyl (C=O) groups excluding carboxylic acids is 2. The molecule has 0 aromatic heterocycles. The molecule has 0 fully saturated rings. The van der Waals surface area contributed by atoms with E-state index in [1.54, 1.807) is 57.2 Å². The minimum Gasteiger partial charge on any atom is -0.350 e. The summed E-state index contributed by atoms with van der Waals surface area (Å²) in [4.78, 5) is 28.0. The van der Waals surface area contributed by atoms with Gasteiger partial charge in [-0.1, -0.05) is 41.9 Å². The largest absolute Gasteiger partial charge is 0.350 e. The fourth-order valence-corrected chi connectivity index (χ4v) is 4.84. The molecular formula is C25H34ClN3O4S. The maximum absolute atomic E-state index is 13.6. The molecule has 1 unspecified atom stereocenters. The number of nitrogens with zero attached hydrogens (tertiary/aromatic N) is 2. The summed E-state index contributed by atoms with van der Waals surface area (Å²) < 4.78 is 26.6. The average Bonchev–Trinajstić information content (AvgIpc) is 2.68. The Balaban J connectivity index is 2.47. The number of anilines is 1. The number of aryl methyl sites for hydroxylation is 2. The number of sulfonamides is 1. The summed E-state index contributed by atoms with van der Waals surface area (Å²) in [5, 5.41) is 3.40. The Hall–Kier alpha value is -2.58. The van der Waals surface area contributed by atoms with E-state index in [1.807, 2.05) is 26.8 Å². The van der Waals surface area contributed by atoms with Crippen LogP contribution in [0.4, 0.5) is 5.69 Å². The lowest BCUT2D eigenvalue weighted by Gasteiger charge is -2.33. The molecule has 0 aliphatic heterocycles. The van der Waals surface area contributed by atoms with Crippen LogP contribution in [0.5, 0.6) is 0 Å². The van der Waals surface area contributed by atoms with Gasteiger partial charge in [0.25, 0.3) is 0 Å². The minimum absolute atomic E-state index is 0.0997. The van der Waals surface area contributed by atoms with Crippen LogP contribution in [0.1, 0.15) is 44.4 Å². The highest BCUT2D eigenvalue weighted by atomic mass is 35.5. The van der Waals surface area contributed by atoms with Gasteiger partial charge < -0.3 is 10.2 Å².